The molecule has 0 aromatic heterocycles. The molecule has 19 nitrogen and oxygen atoms in total. The number of amides is 1. The lowest BCUT2D eigenvalue weighted by atomic mass is 9.96. The number of allylic oxidation sites excluding steroid dienone is 21. The molecule has 19 heteroatoms. The van der Waals surface area contributed by atoms with Crippen molar-refractivity contribution in [3.05, 3.63) is 134 Å². The molecule has 1 amide bonds. The third kappa shape index (κ3) is 34.6. The average Bonchev–Trinajstić information content (AvgIpc) is 0.834. The monoisotopic (exact) mass is 1300 g/mol. The van der Waals surface area contributed by atoms with Gasteiger partial charge in [-0.15, -0.1) is 0 Å². The number of hydrogen-bond donors (Lipinski definition) is 12. The van der Waals surface area contributed by atoms with Crippen LogP contribution in [0.15, 0.2) is 134 Å². The fourth-order valence-electron chi connectivity index (χ4n) is 10.6. The molecular formula is C73H119NO18. The maximum Gasteiger partial charge on any atom is 0.220 e. The number of aliphatic hydroxyl groups excluding tert-OH is 11. The van der Waals surface area contributed by atoms with Crippen LogP contribution in [0.3, 0.4) is 0 Å². The third-order valence-electron chi connectivity index (χ3n) is 16.2. The van der Waals surface area contributed by atoms with Gasteiger partial charge in [-0.1, -0.05) is 205 Å². The number of aliphatic hydroxyl groups is 11. The van der Waals surface area contributed by atoms with E-state index in [4.69, 9.17) is 28.4 Å². The van der Waals surface area contributed by atoms with E-state index < -0.39 is 124 Å². The molecule has 17 atom stereocenters. The van der Waals surface area contributed by atoms with Gasteiger partial charge < -0.3 is 89.9 Å². The van der Waals surface area contributed by atoms with Crippen LogP contribution in [0.4, 0.5) is 0 Å². The Hall–Kier alpha value is -4.07. The van der Waals surface area contributed by atoms with Gasteiger partial charge in [0.15, 0.2) is 18.9 Å². The molecule has 17 unspecified atom stereocenters. The molecule has 0 spiro atoms. The fourth-order valence-corrected chi connectivity index (χ4v) is 10.6. The van der Waals surface area contributed by atoms with E-state index in [1.165, 1.54) is 38.5 Å². The van der Waals surface area contributed by atoms with E-state index in [2.05, 4.69) is 141 Å². The highest BCUT2D eigenvalue weighted by Gasteiger charge is 2.53. The summed E-state index contributed by atoms with van der Waals surface area (Å²) in [5, 5.41) is 120. The second-order valence-electron chi connectivity index (χ2n) is 23.9. The predicted molar refractivity (Wildman–Crippen MR) is 359 cm³/mol. The normalized spacial score (nSPS) is 28.6. The zero-order valence-electron chi connectivity index (χ0n) is 55.2. The molecule has 3 rings (SSSR count). The van der Waals surface area contributed by atoms with E-state index in [0.717, 1.165) is 116 Å². The molecule has 92 heavy (non-hydrogen) atoms. The van der Waals surface area contributed by atoms with Crippen LogP contribution < -0.4 is 5.32 Å². The van der Waals surface area contributed by atoms with Gasteiger partial charge in [0.2, 0.25) is 5.91 Å². The molecule has 0 aromatic carbocycles. The minimum atomic E-state index is -1.99. The Balaban J connectivity index is 1.44. The molecule has 0 bridgehead atoms. The van der Waals surface area contributed by atoms with Gasteiger partial charge >= 0.3 is 0 Å². The van der Waals surface area contributed by atoms with Crippen LogP contribution in [0.5, 0.6) is 0 Å². The molecule has 3 aliphatic rings. The minimum absolute atomic E-state index is 0.205. The molecule has 3 fully saturated rings. The van der Waals surface area contributed by atoms with Crippen LogP contribution in [0.1, 0.15) is 187 Å². The van der Waals surface area contributed by atoms with Crippen LogP contribution in [0.25, 0.3) is 0 Å². The third-order valence-corrected chi connectivity index (χ3v) is 16.2. The van der Waals surface area contributed by atoms with Crippen LogP contribution in [0, 0.1) is 0 Å². The summed E-state index contributed by atoms with van der Waals surface area (Å²) in [7, 11) is 0. The average molecular weight is 1300 g/mol. The summed E-state index contributed by atoms with van der Waals surface area (Å²) < 4.78 is 34.3. The lowest BCUT2D eigenvalue weighted by Gasteiger charge is -2.48. The smallest absolute Gasteiger partial charge is 0.220 e. The fraction of sp³-hybridized carbons (Fsp3) is 0.685. The first-order valence-corrected chi connectivity index (χ1v) is 34.4. The quantitative estimate of drug-likeness (QED) is 0.0200. The second-order valence-corrected chi connectivity index (χ2v) is 23.9. The number of nitrogens with one attached hydrogen (secondary N) is 1. The first-order valence-electron chi connectivity index (χ1n) is 34.4. The van der Waals surface area contributed by atoms with Crippen molar-refractivity contribution in [1.29, 1.82) is 0 Å². The van der Waals surface area contributed by atoms with E-state index in [9.17, 15) is 61.0 Å². The number of carbonyl (C=O) groups excluding carboxylic acids is 1. The molecular weight excluding hydrogens is 1180 g/mol. The molecule has 524 valence electrons. The highest BCUT2D eigenvalue weighted by atomic mass is 16.8. The van der Waals surface area contributed by atoms with Gasteiger partial charge in [-0.3, -0.25) is 4.79 Å². The molecule has 3 saturated heterocycles. The Morgan fingerprint density at radius 1 is 0.402 bits per heavy atom. The van der Waals surface area contributed by atoms with Crippen LogP contribution >= 0.6 is 0 Å². The zero-order chi connectivity index (χ0) is 66.8. The topological polar surface area (TPSA) is 307 Å². The van der Waals surface area contributed by atoms with Crippen molar-refractivity contribution < 1.29 is 89.4 Å². The number of carbonyl (C=O) groups is 1. The summed E-state index contributed by atoms with van der Waals surface area (Å²) in [5.74, 6) is -0.311. The number of rotatable bonds is 50. The Morgan fingerprint density at radius 3 is 1.22 bits per heavy atom. The SMILES string of the molecule is CC/C=C\C/C=C\C/C=C\C/C=C\C/C=C\C/C=C\C/C=C\C/C=C\CCCCCCCCC(=O)NC(COC1OC(CO)C(OC2OC(CO)C(OC3OC(CO)C(O)C(O)C3O)C(O)C2O)C(O)C1O)C(O)/C=C/CC/C=C/CC/C=C/CCCCCCCC. The maximum absolute atomic E-state index is 13.4. The van der Waals surface area contributed by atoms with E-state index >= 15 is 0 Å². The van der Waals surface area contributed by atoms with Crippen molar-refractivity contribution in [3.63, 3.8) is 0 Å². The summed E-state index contributed by atoms with van der Waals surface area (Å²) in [6.07, 6.45) is 47.1. The van der Waals surface area contributed by atoms with Crippen LogP contribution in [-0.2, 0) is 33.2 Å². The Bertz CT molecular complexity index is 2190. The lowest BCUT2D eigenvalue weighted by molar-refractivity contribution is -0.379. The summed E-state index contributed by atoms with van der Waals surface area (Å²) in [6.45, 7) is 1.54. The summed E-state index contributed by atoms with van der Waals surface area (Å²) >= 11 is 0. The van der Waals surface area contributed by atoms with Crippen LogP contribution in [-0.4, -0.2) is 193 Å². The van der Waals surface area contributed by atoms with Crippen molar-refractivity contribution in [3.8, 4) is 0 Å². The maximum atomic E-state index is 13.4. The summed E-state index contributed by atoms with van der Waals surface area (Å²) in [5.41, 5.74) is 0. The van der Waals surface area contributed by atoms with E-state index in [0.29, 0.717) is 12.8 Å². The molecule has 0 aromatic rings. The molecule has 3 heterocycles. The van der Waals surface area contributed by atoms with Crippen molar-refractivity contribution in [2.24, 2.45) is 0 Å². The van der Waals surface area contributed by atoms with Gasteiger partial charge in [-0.05, 0) is 109 Å². The molecule has 0 saturated carbocycles. The van der Waals surface area contributed by atoms with Crippen LogP contribution in [0.2, 0.25) is 0 Å². The molecule has 0 radical (unpaired) electrons. The Kier molecular flexibility index (Phi) is 47.4. The van der Waals surface area contributed by atoms with E-state index in [1.54, 1.807) is 6.08 Å². The van der Waals surface area contributed by atoms with Crippen molar-refractivity contribution in [2.75, 3.05) is 26.4 Å². The largest absolute Gasteiger partial charge is 0.394 e. The number of hydrogen-bond acceptors (Lipinski definition) is 18. The molecule has 3 aliphatic heterocycles. The van der Waals surface area contributed by atoms with Crippen molar-refractivity contribution in [2.45, 2.75) is 291 Å². The lowest BCUT2D eigenvalue weighted by Crippen LogP contribution is -2.66. The van der Waals surface area contributed by atoms with E-state index in [-0.39, 0.29) is 18.9 Å². The zero-order valence-corrected chi connectivity index (χ0v) is 55.2. The van der Waals surface area contributed by atoms with Gasteiger partial charge in [0, 0.05) is 6.42 Å². The first kappa shape index (κ1) is 82.2. The van der Waals surface area contributed by atoms with Crippen molar-refractivity contribution in [1.82, 2.24) is 5.32 Å². The van der Waals surface area contributed by atoms with Gasteiger partial charge in [-0.25, -0.2) is 0 Å². The highest BCUT2D eigenvalue weighted by molar-refractivity contribution is 5.76. The first-order chi connectivity index (χ1) is 44.8. The number of ether oxygens (including phenoxy) is 6. The molecule has 12 N–H and O–H groups in total. The van der Waals surface area contributed by atoms with E-state index in [1.807, 2.05) is 6.08 Å². The number of unbranched alkanes of at least 4 members (excludes halogenated alkanes) is 14. The summed E-state index contributed by atoms with van der Waals surface area (Å²) in [6, 6.07) is -1.01. The molecule has 0 aliphatic carbocycles. The minimum Gasteiger partial charge on any atom is -0.394 e. The Labute approximate surface area is 550 Å². The Morgan fingerprint density at radius 2 is 0.761 bits per heavy atom. The van der Waals surface area contributed by atoms with Gasteiger partial charge in [0.05, 0.1) is 38.6 Å². The summed E-state index contributed by atoms with van der Waals surface area (Å²) in [4.78, 5) is 13.4. The predicted octanol–water partition coefficient (Wildman–Crippen LogP) is 8.99. The second kappa shape index (κ2) is 53.1. The standard InChI is InChI=1S/C73H119NO18/c1-3-5-7-9-11-13-15-17-19-21-22-23-24-25-26-27-28-29-30-31-32-33-34-35-37-39-41-43-45-47-49-51-61(79)74-56(57(78)50-48-46-44-42-40-38-36-20-18-16-14-12-10-8-6-4-2)55-87-71-67(85)64(82)69(59(53-76)89-71)92-73-68(86)65(83)70(60(54-77)90-73)91-72-66(84)63(81)62(80)58(52-75)88-72/h5,7,11,13,17-20,22-23,25-26,28-29,31-32,34-35,40,42,48,50,56-60,62-73,75-78,80-86H,3-4,6,8-10,12,14-16,21,24,27,30,33,36-39,41,43-47,49,51-55H2,1-2H3,(H,74,79)/b7-5-,13-11-,19-17-,20-18+,23-22-,26-25-,29-28-,32-31-,35-34-,42-40+,50-48+. The highest BCUT2D eigenvalue weighted by Crippen LogP contribution is 2.33. The van der Waals surface area contributed by atoms with Gasteiger partial charge in [-0.2, -0.15) is 0 Å². The van der Waals surface area contributed by atoms with Crippen molar-refractivity contribution >= 4 is 5.91 Å². The van der Waals surface area contributed by atoms with Gasteiger partial charge in [0.25, 0.3) is 0 Å². The van der Waals surface area contributed by atoms with Gasteiger partial charge in [0.1, 0.15) is 73.2 Å².